The topological polar surface area (TPSA) is 46.6 Å². The summed E-state index contributed by atoms with van der Waals surface area (Å²) in [5.41, 5.74) is 2.34. The van der Waals surface area contributed by atoms with Crippen LogP contribution in [0.5, 0.6) is 0 Å². The molecule has 2 aromatic carbocycles. The molecule has 0 aromatic heterocycles. The van der Waals surface area contributed by atoms with Crippen LogP contribution in [0.4, 0.5) is 10.1 Å². The summed E-state index contributed by atoms with van der Waals surface area (Å²) in [6.07, 6.45) is 0.816. The largest absolute Gasteiger partial charge is 0.469 e. The maximum Gasteiger partial charge on any atom is 0.306 e. The smallest absolute Gasteiger partial charge is 0.306 e. The van der Waals surface area contributed by atoms with Crippen LogP contribution in [0.3, 0.4) is 0 Å². The van der Waals surface area contributed by atoms with Gasteiger partial charge in [0.05, 0.1) is 13.5 Å². The molecule has 0 spiro atoms. The molecule has 0 saturated carbocycles. The zero-order valence-corrected chi connectivity index (χ0v) is 14.1. The number of carbonyl (C=O) groups is 2. The summed E-state index contributed by atoms with van der Waals surface area (Å²) in [5.74, 6) is -0.717. The zero-order chi connectivity index (χ0) is 17.8. The number of nitrogens with zero attached hydrogens (tertiary/aromatic N) is 1. The molecule has 1 amide bonds. The molecule has 5 heteroatoms. The van der Waals surface area contributed by atoms with E-state index in [2.05, 4.69) is 0 Å². The number of methoxy groups -OCH3 is 1. The van der Waals surface area contributed by atoms with Crippen molar-refractivity contribution in [2.75, 3.05) is 18.6 Å². The second kappa shape index (κ2) is 7.47. The molecule has 1 atom stereocenters. The van der Waals surface area contributed by atoms with Gasteiger partial charge in [-0.15, -0.1) is 0 Å². The third kappa shape index (κ3) is 3.71. The van der Waals surface area contributed by atoms with Gasteiger partial charge >= 0.3 is 5.97 Å². The first kappa shape index (κ1) is 17.1. The minimum absolute atomic E-state index is 0.0666. The van der Waals surface area contributed by atoms with Gasteiger partial charge in [0.15, 0.2) is 0 Å². The molecule has 1 aliphatic heterocycles. The molecule has 25 heavy (non-hydrogen) atoms. The van der Waals surface area contributed by atoms with E-state index < -0.39 is 0 Å². The second-order valence-corrected chi connectivity index (χ2v) is 6.13. The number of para-hydroxylation sites is 1. The second-order valence-electron chi connectivity index (χ2n) is 6.13. The van der Waals surface area contributed by atoms with E-state index in [1.807, 2.05) is 24.3 Å². The van der Waals surface area contributed by atoms with Gasteiger partial charge in [0, 0.05) is 24.6 Å². The molecular weight excluding hydrogens is 321 g/mol. The summed E-state index contributed by atoms with van der Waals surface area (Å²) in [5, 5.41) is 0. The SMILES string of the molecule is COC(=O)CC1CN(C(=O)CCc2ccccc2F)c2ccccc21. The highest BCUT2D eigenvalue weighted by atomic mass is 19.1. The number of amides is 1. The van der Waals surface area contributed by atoms with Crippen LogP contribution in [0.25, 0.3) is 0 Å². The van der Waals surface area contributed by atoms with Gasteiger partial charge in [0.2, 0.25) is 5.91 Å². The van der Waals surface area contributed by atoms with E-state index in [0.29, 0.717) is 18.5 Å². The third-order valence-corrected chi connectivity index (χ3v) is 4.58. The van der Waals surface area contributed by atoms with E-state index in [4.69, 9.17) is 4.74 Å². The Morgan fingerprint density at radius 3 is 2.64 bits per heavy atom. The first-order chi connectivity index (χ1) is 12.1. The maximum absolute atomic E-state index is 13.7. The Hall–Kier alpha value is -2.69. The van der Waals surface area contributed by atoms with E-state index in [9.17, 15) is 14.0 Å². The van der Waals surface area contributed by atoms with Crippen molar-refractivity contribution in [2.24, 2.45) is 0 Å². The van der Waals surface area contributed by atoms with Crippen molar-refractivity contribution in [2.45, 2.75) is 25.2 Å². The van der Waals surface area contributed by atoms with Crippen molar-refractivity contribution in [1.82, 2.24) is 0 Å². The number of benzene rings is 2. The fraction of sp³-hybridized carbons (Fsp3) is 0.300. The van der Waals surface area contributed by atoms with E-state index in [1.165, 1.54) is 13.2 Å². The number of halogens is 1. The van der Waals surface area contributed by atoms with Crippen molar-refractivity contribution in [3.8, 4) is 0 Å². The Kier molecular flexibility index (Phi) is 5.12. The highest BCUT2D eigenvalue weighted by Crippen LogP contribution is 2.38. The molecule has 4 nitrogen and oxygen atoms in total. The molecule has 1 unspecified atom stereocenters. The minimum Gasteiger partial charge on any atom is -0.469 e. The molecule has 3 rings (SSSR count). The Labute approximate surface area is 146 Å². The molecule has 0 bridgehead atoms. The lowest BCUT2D eigenvalue weighted by Crippen LogP contribution is -2.30. The summed E-state index contributed by atoms with van der Waals surface area (Å²) in [4.78, 5) is 26.0. The zero-order valence-electron chi connectivity index (χ0n) is 14.1. The molecule has 0 radical (unpaired) electrons. The number of esters is 1. The summed E-state index contributed by atoms with van der Waals surface area (Å²) in [6.45, 7) is 0.449. The Bertz CT molecular complexity index is 790. The van der Waals surface area contributed by atoms with E-state index in [1.54, 1.807) is 23.1 Å². The van der Waals surface area contributed by atoms with Crippen LogP contribution in [-0.4, -0.2) is 25.5 Å². The standard InChI is InChI=1S/C20H20FNO3/c1-25-20(24)12-15-13-22(18-9-5-3-7-16(15)18)19(23)11-10-14-6-2-4-8-17(14)21/h2-9,15H,10-13H2,1H3. The fourth-order valence-electron chi connectivity index (χ4n) is 3.27. The monoisotopic (exact) mass is 341 g/mol. The third-order valence-electron chi connectivity index (χ3n) is 4.58. The predicted molar refractivity (Wildman–Crippen MR) is 92.9 cm³/mol. The quantitative estimate of drug-likeness (QED) is 0.783. The number of ether oxygens (including phenoxy) is 1. The van der Waals surface area contributed by atoms with Crippen LogP contribution >= 0.6 is 0 Å². The van der Waals surface area contributed by atoms with Crippen LogP contribution in [0.15, 0.2) is 48.5 Å². The molecule has 0 fully saturated rings. The number of anilines is 1. The highest BCUT2D eigenvalue weighted by molar-refractivity contribution is 5.96. The lowest BCUT2D eigenvalue weighted by Gasteiger charge is -2.18. The van der Waals surface area contributed by atoms with Gasteiger partial charge < -0.3 is 9.64 Å². The van der Waals surface area contributed by atoms with Crippen molar-refractivity contribution in [3.63, 3.8) is 0 Å². The fourth-order valence-corrected chi connectivity index (χ4v) is 3.27. The lowest BCUT2D eigenvalue weighted by molar-refractivity contribution is -0.141. The predicted octanol–water partition coefficient (Wildman–Crippen LogP) is 3.45. The number of aryl methyl sites for hydroxylation is 1. The van der Waals surface area contributed by atoms with E-state index in [-0.39, 0.29) is 36.5 Å². The minimum atomic E-state index is -0.291. The van der Waals surface area contributed by atoms with Crippen LogP contribution in [0.2, 0.25) is 0 Å². The van der Waals surface area contributed by atoms with Gasteiger partial charge in [-0.3, -0.25) is 9.59 Å². The van der Waals surface area contributed by atoms with E-state index >= 15 is 0 Å². The summed E-state index contributed by atoms with van der Waals surface area (Å²) < 4.78 is 18.5. The summed E-state index contributed by atoms with van der Waals surface area (Å²) in [6, 6.07) is 14.1. The average Bonchev–Trinajstić information content (AvgIpc) is 2.99. The molecule has 1 aliphatic rings. The Morgan fingerprint density at radius 1 is 1.16 bits per heavy atom. The van der Waals surface area contributed by atoms with Gasteiger partial charge in [-0.2, -0.15) is 0 Å². The molecular formula is C20H20FNO3. The molecule has 0 N–H and O–H groups in total. The molecule has 130 valence electrons. The average molecular weight is 341 g/mol. The van der Waals surface area contributed by atoms with Gasteiger partial charge in [0.1, 0.15) is 5.82 Å². The lowest BCUT2D eigenvalue weighted by atomic mass is 9.98. The number of carbonyl (C=O) groups excluding carboxylic acids is 2. The highest BCUT2D eigenvalue weighted by Gasteiger charge is 2.33. The number of fused-ring (bicyclic) bond motifs is 1. The van der Waals surface area contributed by atoms with Gasteiger partial charge in [-0.1, -0.05) is 36.4 Å². The molecule has 2 aromatic rings. The van der Waals surface area contributed by atoms with Gasteiger partial charge in [-0.25, -0.2) is 4.39 Å². The number of rotatable bonds is 5. The van der Waals surface area contributed by atoms with E-state index in [0.717, 1.165) is 11.3 Å². The maximum atomic E-state index is 13.7. The van der Waals surface area contributed by atoms with Crippen LogP contribution in [-0.2, 0) is 20.7 Å². The molecule has 0 saturated heterocycles. The van der Waals surface area contributed by atoms with Crippen molar-refractivity contribution < 1.29 is 18.7 Å². The van der Waals surface area contributed by atoms with Crippen molar-refractivity contribution >= 4 is 17.6 Å². The van der Waals surface area contributed by atoms with Crippen molar-refractivity contribution in [1.29, 1.82) is 0 Å². The van der Waals surface area contributed by atoms with Gasteiger partial charge in [0.25, 0.3) is 0 Å². The molecule has 0 aliphatic carbocycles. The summed E-state index contributed by atoms with van der Waals surface area (Å²) >= 11 is 0. The first-order valence-corrected chi connectivity index (χ1v) is 8.29. The van der Waals surface area contributed by atoms with Crippen molar-refractivity contribution in [3.05, 3.63) is 65.5 Å². The van der Waals surface area contributed by atoms with Gasteiger partial charge in [-0.05, 0) is 29.7 Å². The Balaban J connectivity index is 1.72. The number of hydrogen-bond acceptors (Lipinski definition) is 3. The number of hydrogen-bond donors (Lipinski definition) is 0. The Morgan fingerprint density at radius 2 is 1.88 bits per heavy atom. The van der Waals surface area contributed by atoms with Crippen LogP contribution in [0, 0.1) is 5.82 Å². The van der Waals surface area contributed by atoms with Crippen LogP contribution < -0.4 is 4.90 Å². The normalized spacial score (nSPS) is 15.8. The molecule has 1 heterocycles. The first-order valence-electron chi connectivity index (χ1n) is 8.29. The van der Waals surface area contributed by atoms with Crippen LogP contribution in [0.1, 0.15) is 29.9 Å². The summed E-state index contributed by atoms with van der Waals surface area (Å²) in [7, 11) is 1.36.